The Balaban J connectivity index is 4.23. The van der Waals surface area contributed by atoms with E-state index in [9.17, 15) is 4.79 Å². The summed E-state index contributed by atoms with van der Waals surface area (Å²) in [6.45, 7) is 10.4. The zero-order valence-corrected chi connectivity index (χ0v) is 19.9. The molecular formula is C18H38NO7PS. The van der Waals surface area contributed by atoms with Crippen LogP contribution >= 0.6 is 6.64 Å². The molecule has 0 aliphatic carbocycles. The largest absolute Gasteiger partial charge is 0.469 e. The van der Waals surface area contributed by atoms with Crippen molar-refractivity contribution in [2.45, 2.75) is 59.1 Å². The van der Waals surface area contributed by atoms with Crippen molar-refractivity contribution >= 4 is 24.4 Å². The highest BCUT2D eigenvalue weighted by atomic mass is 32.5. The number of rotatable bonds is 17. The van der Waals surface area contributed by atoms with Crippen LogP contribution in [0.15, 0.2) is 0 Å². The molecule has 0 saturated heterocycles. The molecule has 0 spiro atoms. The standard InChI is InChI=1S/C18H38NO7PS/c1-7-22-10-11-23-12-13-24-14-15-25-27(28,26-18(3,4)5)19-16(2)8-9-17(20)21-6/h16H,7-15H2,1-6H3,(H,19,28). The van der Waals surface area contributed by atoms with Gasteiger partial charge in [-0.1, -0.05) is 0 Å². The molecule has 0 bridgehead atoms. The zero-order chi connectivity index (χ0) is 21.5. The van der Waals surface area contributed by atoms with Crippen LogP contribution in [0.4, 0.5) is 0 Å². The number of hydrogen-bond donors (Lipinski definition) is 1. The van der Waals surface area contributed by atoms with Gasteiger partial charge in [-0.25, -0.2) is 5.09 Å². The molecule has 0 heterocycles. The third-order valence-corrected chi connectivity index (χ3v) is 6.14. The summed E-state index contributed by atoms with van der Waals surface area (Å²) in [4.78, 5) is 11.3. The predicted octanol–water partition coefficient (Wildman–Crippen LogP) is 3.04. The lowest BCUT2D eigenvalue weighted by Gasteiger charge is -2.32. The smallest absolute Gasteiger partial charge is 0.305 e. The number of methoxy groups -OCH3 is 1. The van der Waals surface area contributed by atoms with Crippen molar-refractivity contribution in [2.75, 3.05) is 53.4 Å². The summed E-state index contributed by atoms with van der Waals surface area (Å²) in [5.74, 6) is -0.253. The average molecular weight is 444 g/mol. The lowest BCUT2D eigenvalue weighted by Crippen LogP contribution is -2.30. The fourth-order valence-electron chi connectivity index (χ4n) is 2.02. The molecule has 0 amide bonds. The van der Waals surface area contributed by atoms with Gasteiger partial charge in [-0.3, -0.25) is 4.79 Å². The minimum Gasteiger partial charge on any atom is -0.469 e. The fraction of sp³-hybridized carbons (Fsp3) is 0.944. The van der Waals surface area contributed by atoms with Crippen LogP contribution in [0, 0.1) is 0 Å². The van der Waals surface area contributed by atoms with E-state index in [1.807, 2.05) is 34.6 Å². The summed E-state index contributed by atoms with van der Waals surface area (Å²) in [5.41, 5.74) is -0.458. The SMILES string of the molecule is CCOCCOCCOCCOP(=S)(NC(C)CCC(=O)OC)OC(C)(C)C. The Kier molecular flexibility index (Phi) is 15.6. The molecule has 0 aromatic rings. The van der Waals surface area contributed by atoms with Gasteiger partial charge in [0.05, 0.1) is 52.4 Å². The second kappa shape index (κ2) is 15.7. The molecule has 0 radical (unpaired) electrons. The highest BCUT2D eigenvalue weighted by molar-refractivity contribution is 8.09. The molecule has 8 nitrogen and oxygen atoms in total. The van der Waals surface area contributed by atoms with E-state index in [1.54, 1.807) is 0 Å². The van der Waals surface area contributed by atoms with Crippen molar-refractivity contribution in [3.05, 3.63) is 0 Å². The molecule has 0 aliphatic heterocycles. The van der Waals surface area contributed by atoms with E-state index < -0.39 is 12.2 Å². The van der Waals surface area contributed by atoms with Gasteiger partial charge >= 0.3 is 5.97 Å². The molecule has 0 aromatic heterocycles. The molecular weight excluding hydrogens is 405 g/mol. The van der Waals surface area contributed by atoms with E-state index in [1.165, 1.54) is 7.11 Å². The van der Waals surface area contributed by atoms with Crippen LogP contribution in [-0.2, 0) is 44.6 Å². The molecule has 2 atom stereocenters. The first-order valence-corrected chi connectivity index (χ1v) is 12.3. The normalized spacial score (nSPS) is 15.2. The maximum absolute atomic E-state index is 11.3. The number of hydrogen-bond acceptors (Lipinski definition) is 8. The van der Waals surface area contributed by atoms with Gasteiger partial charge in [0.15, 0.2) is 0 Å². The van der Waals surface area contributed by atoms with Gasteiger partial charge in [0.1, 0.15) is 0 Å². The van der Waals surface area contributed by atoms with Gasteiger partial charge in [0.25, 0.3) is 6.64 Å². The first-order chi connectivity index (χ1) is 13.1. The van der Waals surface area contributed by atoms with Gasteiger partial charge in [-0.05, 0) is 52.8 Å². The van der Waals surface area contributed by atoms with Gasteiger partial charge in [-0.15, -0.1) is 0 Å². The molecule has 0 fully saturated rings. The number of esters is 1. The molecule has 0 saturated carbocycles. The quantitative estimate of drug-likeness (QED) is 0.207. The van der Waals surface area contributed by atoms with E-state index in [0.29, 0.717) is 59.1 Å². The average Bonchev–Trinajstić information content (AvgIpc) is 2.59. The van der Waals surface area contributed by atoms with Gasteiger partial charge in [0.2, 0.25) is 0 Å². The predicted molar refractivity (Wildman–Crippen MR) is 113 cm³/mol. The minimum absolute atomic E-state index is 0.0491. The Morgan fingerprint density at radius 1 is 1.04 bits per heavy atom. The van der Waals surface area contributed by atoms with Crippen LogP contribution in [-0.4, -0.2) is 71.0 Å². The fourth-order valence-corrected chi connectivity index (χ4v) is 5.34. The van der Waals surface area contributed by atoms with Crippen LogP contribution < -0.4 is 5.09 Å². The summed E-state index contributed by atoms with van der Waals surface area (Å²) in [7, 11) is 1.38. The van der Waals surface area contributed by atoms with Crippen molar-refractivity contribution in [1.82, 2.24) is 5.09 Å². The Morgan fingerprint density at radius 3 is 2.07 bits per heavy atom. The molecule has 0 rings (SSSR count). The molecule has 168 valence electrons. The third kappa shape index (κ3) is 16.8. The Labute approximate surface area is 175 Å². The van der Waals surface area contributed by atoms with Crippen LogP contribution in [0.2, 0.25) is 0 Å². The third-order valence-electron chi connectivity index (χ3n) is 3.22. The summed E-state index contributed by atoms with van der Waals surface area (Å²) in [6, 6.07) is -0.0491. The summed E-state index contributed by atoms with van der Waals surface area (Å²) in [5, 5.41) is 3.24. The summed E-state index contributed by atoms with van der Waals surface area (Å²) in [6.07, 6.45) is 0.888. The van der Waals surface area contributed by atoms with E-state index in [-0.39, 0.29) is 12.0 Å². The van der Waals surface area contributed by atoms with Gasteiger partial charge < -0.3 is 28.0 Å². The Hall–Kier alpha value is -0.120. The monoisotopic (exact) mass is 443 g/mol. The molecule has 0 aromatic carbocycles. The molecule has 10 heteroatoms. The van der Waals surface area contributed by atoms with Gasteiger partial charge in [-0.2, -0.15) is 0 Å². The first kappa shape index (κ1) is 27.9. The second-order valence-electron chi connectivity index (χ2n) is 7.10. The molecule has 28 heavy (non-hydrogen) atoms. The van der Waals surface area contributed by atoms with Crippen LogP contribution in [0.3, 0.4) is 0 Å². The lowest BCUT2D eigenvalue weighted by molar-refractivity contribution is -0.140. The van der Waals surface area contributed by atoms with Crippen molar-refractivity contribution in [3.63, 3.8) is 0 Å². The van der Waals surface area contributed by atoms with Crippen LogP contribution in [0.25, 0.3) is 0 Å². The van der Waals surface area contributed by atoms with E-state index in [0.717, 1.165) is 0 Å². The number of ether oxygens (including phenoxy) is 4. The highest BCUT2D eigenvalue weighted by Crippen LogP contribution is 2.48. The number of nitrogens with one attached hydrogen (secondary N) is 1. The summed E-state index contributed by atoms with van der Waals surface area (Å²) < 4.78 is 32.6. The van der Waals surface area contributed by atoms with E-state index >= 15 is 0 Å². The number of carbonyl (C=O) groups is 1. The zero-order valence-electron chi connectivity index (χ0n) is 18.2. The molecule has 1 N–H and O–H groups in total. The van der Waals surface area contributed by atoms with Gasteiger partial charge in [0, 0.05) is 19.1 Å². The van der Waals surface area contributed by atoms with E-state index in [4.69, 9.17) is 35.1 Å². The Bertz CT molecular complexity index is 460. The first-order valence-electron chi connectivity index (χ1n) is 9.65. The number of carbonyl (C=O) groups excluding carboxylic acids is 1. The minimum atomic E-state index is -2.74. The lowest BCUT2D eigenvalue weighted by atomic mass is 10.2. The van der Waals surface area contributed by atoms with Crippen molar-refractivity contribution < 1.29 is 32.8 Å². The van der Waals surface area contributed by atoms with Crippen molar-refractivity contribution in [1.29, 1.82) is 0 Å². The molecule has 0 aliphatic rings. The van der Waals surface area contributed by atoms with Crippen LogP contribution in [0.5, 0.6) is 0 Å². The topological polar surface area (TPSA) is 84.5 Å². The maximum atomic E-state index is 11.3. The van der Waals surface area contributed by atoms with Crippen LogP contribution in [0.1, 0.15) is 47.5 Å². The van der Waals surface area contributed by atoms with Crippen molar-refractivity contribution in [2.24, 2.45) is 0 Å². The summed E-state index contributed by atoms with van der Waals surface area (Å²) >= 11 is 5.64. The molecule has 2 unspecified atom stereocenters. The maximum Gasteiger partial charge on any atom is 0.305 e. The Morgan fingerprint density at radius 2 is 1.57 bits per heavy atom. The van der Waals surface area contributed by atoms with E-state index in [2.05, 4.69) is 9.82 Å². The van der Waals surface area contributed by atoms with Crippen molar-refractivity contribution in [3.8, 4) is 0 Å². The highest BCUT2D eigenvalue weighted by Gasteiger charge is 2.28. The second-order valence-corrected chi connectivity index (χ2v) is 10.2.